The van der Waals surface area contributed by atoms with Crippen LogP contribution in [0.5, 0.6) is 0 Å². The number of pyridine rings is 3. The largest absolute Gasteiger partial charge is 0.374 e. The van der Waals surface area contributed by atoms with Crippen molar-refractivity contribution in [3.05, 3.63) is 59.9 Å². The third-order valence-electron chi connectivity index (χ3n) is 6.20. The average molecular weight is 525 g/mol. The van der Waals surface area contributed by atoms with E-state index in [2.05, 4.69) is 30.5 Å². The van der Waals surface area contributed by atoms with E-state index < -0.39 is 6.23 Å². The molecule has 4 N–H and O–H groups in total. The first-order valence-electron chi connectivity index (χ1n) is 12.1. The standard InChI is InChI=1S/C27H24N8O2S/c1-13(2)27(37)30-16-10-15(11-28-12-16)17-4-5-19-23(31-17)25(35-34-19)26-32-18-8-9-29-24(22(18)33-26)21-7-6-20(38-21)14(3)36/h4-13,27,30,37H,1-3H3,(H,32,33)(H,34,35). The predicted octanol–water partition coefficient (Wildman–Crippen LogP) is 5.28. The van der Waals surface area contributed by atoms with Crippen LogP contribution in [0.3, 0.4) is 0 Å². The summed E-state index contributed by atoms with van der Waals surface area (Å²) in [6.45, 7) is 5.43. The van der Waals surface area contributed by atoms with E-state index in [0.717, 1.165) is 21.5 Å². The molecule has 38 heavy (non-hydrogen) atoms. The Balaban J connectivity index is 1.40. The number of aliphatic hydroxyl groups excluding tert-OH is 1. The van der Waals surface area contributed by atoms with E-state index >= 15 is 0 Å². The van der Waals surface area contributed by atoms with Gasteiger partial charge in [-0.25, -0.2) is 9.97 Å². The lowest BCUT2D eigenvalue weighted by atomic mass is 10.1. The first kappa shape index (κ1) is 23.9. The number of thiophene rings is 1. The lowest BCUT2D eigenvalue weighted by molar-refractivity contribution is 0.102. The maximum atomic E-state index is 11.8. The molecule has 0 bridgehead atoms. The fraction of sp³-hybridized carbons (Fsp3) is 0.185. The molecule has 11 heteroatoms. The molecule has 0 fully saturated rings. The molecular formula is C27H24N8O2S. The Hall–Kier alpha value is -4.48. The van der Waals surface area contributed by atoms with Crippen molar-refractivity contribution in [3.63, 3.8) is 0 Å². The topological polar surface area (TPSA) is 145 Å². The average Bonchev–Trinajstić information content (AvgIpc) is 3.66. The molecule has 1 unspecified atom stereocenters. The number of rotatable bonds is 7. The zero-order valence-electron chi connectivity index (χ0n) is 20.9. The fourth-order valence-electron chi connectivity index (χ4n) is 4.10. The number of aromatic amines is 2. The molecule has 6 aromatic rings. The van der Waals surface area contributed by atoms with Crippen molar-refractivity contribution >= 4 is 44.9 Å². The van der Waals surface area contributed by atoms with Crippen LogP contribution in [-0.4, -0.2) is 52.2 Å². The van der Waals surface area contributed by atoms with Crippen molar-refractivity contribution in [2.24, 2.45) is 5.92 Å². The van der Waals surface area contributed by atoms with Crippen LogP contribution in [0.25, 0.3) is 55.4 Å². The Bertz CT molecular complexity index is 1800. The van der Waals surface area contributed by atoms with Crippen LogP contribution in [0.4, 0.5) is 5.69 Å². The second kappa shape index (κ2) is 9.43. The van der Waals surface area contributed by atoms with Crippen LogP contribution < -0.4 is 5.32 Å². The van der Waals surface area contributed by atoms with E-state index in [-0.39, 0.29) is 11.7 Å². The van der Waals surface area contributed by atoms with Crippen molar-refractivity contribution in [2.45, 2.75) is 27.0 Å². The number of fused-ring (bicyclic) bond motifs is 2. The van der Waals surface area contributed by atoms with Crippen molar-refractivity contribution < 1.29 is 9.90 Å². The third kappa shape index (κ3) is 4.31. The molecule has 6 heterocycles. The van der Waals surface area contributed by atoms with Gasteiger partial charge < -0.3 is 15.4 Å². The van der Waals surface area contributed by atoms with Crippen molar-refractivity contribution in [2.75, 3.05) is 5.32 Å². The number of carbonyl (C=O) groups is 1. The zero-order chi connectivity index (χ0) is 26.4. The monoisotopic (exact) mass is 524 g/mol. The van der Waals surface area contributed by atoms with E-state index in [9.17, 15) is 9.90 Å². The van der Waals surface area contributed by atoms with Gasteiger partial charge in [0.25, 0.3) is 0 Å². The van der Waals surface area contributed by atoms with E-state index in [1.807, 2.05) is 50.2 Å². The Morgan fingerprint density at radius 2 is 1.87 bits per heavy atom. The van der Waals surface area contributed by atoms with Gasteiger partial charge >= 0.3 is 0 Å². The number of carbonyl (C=O) groups excluding carboxylic acids is 1. The van der Waals surface area contributed by atoms with Crippen LogP contribution in [-0.2, 0) is 0 Å². The van der Waals surface area contributed by atoms with Crippen molar-refractivity contribution in [1.29, 1.82) is 0 Å². The summed E-state index contributed by atoms with van der Waals surface area (Å²) in [5.41, 5.74) is 6.43. The molecule has 1 atom stereocenters. The molecule has 0 aliphatic carbocycles. The van der Waals surface area contributed by atoms with Gasteiger partial charge in [0.15, 0.2) is 17.3 Å². The minimum Gasteiger partial charge on any atom is -0.374 e. The van der Waals surface area contributed by atoms with E-state index in [0.29, 0.717) is 44.5 Å². The van der Waals surface area contributed by atoms with Gasteiger partial charge in [-0.05, 0) is 49.2 Å². The van der Waals surface area contributed by atoms with Gasteiger partial charge in [0, 0.05) is 18.0 Å². The van der Waals surface area contributed by atoms with E-state index in [1.54, 1.807) is 25.5 Å². The van der Waals surface area contributed by atoms with Gasteiger partial charge in [0.2, 0.25) is 0 Å². The summed E-state index contributed by atoms with van der Waals surface area (Å²) in [5.74, 6) is 0.632. The van der Waals surface area contributed by atoms with Gasteiger partial charge in [-0.15, -0.1) is 11.3 Å². The molecule has 0 aliphatic heterocycles. The second-order valence-electron chi connectivity index (χ2n) is 9.32. The number of Topliss-reactive ketones (excluding diaryl/α,β-unsaturated/α-hetero) is 1. The van der Waals surface area contributed by atoms with Gasteiger partial charge in [-0.2, -0.15) is 5.10 Å². The molecular weight excluding hydrogens is 500 g/mol. The molecule has 0 amide bonds. The highest BCUT2D eigenvalue weighted by molar-refractivity contribution is 7.17. The van der Waals surface area contributed by atoms with Gasteiger partial charge in [-0.1, -0.05) is 13.8 Å². The first-order chi connectivity index (χ1) is 18.4. The summed E-state index contributed by atoms with van der Waals surface area (Å²) in [7, 11) is 0. The molecule has 190 valence electrons. The van der Waals surface area contributed by atoms with Gasteiger partial charge in [0.1, 0.15) is 23.0 Å². The number of hydrogen-bond donors (Lipinski definition) is 4. The lowest BCUT2D eigenvalue weighted by Gasteiger charge is -2.17. The van der Waals surface area contributed by atoms with E-state index in [4.69, 9.17) is 9.97 Å². The fourth-order valence-corrected chi connectivity index (χ4v) is 5.00. The Labute approximate surface area is 221 Å². The predicted molar refractivity (Wildman–Crippen MR) is 148 cm³/mol. The number of aromatic nitrogens is 7. The maximum Gasteiger partial charge on any atom is 0.169 e. The van der Waals surface area contributed by atoms with Gasteiger partial charge in [0.05, 0.1) is 38.4 Å². The summed E-state index contributed by atoms with van der Waals surface area (Å²) in [4.78, 5) is 35.3. The van der Waals surface area contributed by atoms with Crippen LogP contribution in [0.1, 0.15) is 30.4 Å². The number of aliphatic hydroxyl groups is 1. The number of imidazole rings is 1. The molecule has 0 aromatic carbocycles. The quantitative estimate of drug-likeness (QED) is 0.163. The molecule has 6 aromatic heterocycles. The van der Waals surface area contributed by atoms with Crippen molar-refractivity contribution in [3.8, 4) is 33.3 Å². The van der Waals surface area contributed by atoms with Crippen LogP contribution in [0, 0.1) is 5.92 Å². The molecule has 0 radical (unpaired) electrons. The van der Waals surface area contributed by atoms with Crippen LogP contribution >= 0.6 is 11.3 Å². The molecule has 10 nitrogen and oxygen atoms in total. The van der Waals surface area contributed by atoms with Gasteiger partial charge in [-0.3, -0.25) is 19.9 Å². The number of ketones is 1. The highest BCUT2D eigenvalue weighted by Crippen LogP contribution is 2.34. The maximum absolute atomic E-state index is 11.8. The Kier molecular flexibility index (Phi) is 5.93. The molecule has 0 saturated heterocycles. The normalized spacial score (nSPS) is 12.4. The number of anilines is 1. The summed E-state index contributed by atoms with van der Waals surface area (Å²) in [6, 6.07) is 11.3. The summed E-state index contributed by atoms with van der Waals surface area (Å²) in [5, 5.41) is 20.8. The molecule has 0 spiro atoms. The van der Waals surface area contributed by atoms with E-state index in [1.165, 1.54) is 11.3 Å². The third-order valence-corrected chi connectivity index (χ3v) is 7.39. The summed E-state index contributed by atoms with van der Waals surface area (Å²) >= 11 is 1.40. The molecule has 0 saturated carbocycles. The van der Waals surface area contributed by atoms with Crippen molar-refractivity contribution in [1.82, 2.24) is 35.1 Å². The Morgan fingerprint density at radius 3 is 2.66 bits per heavy atom. The number of hydrogen-bond acceptors (Lipinski definition) is 9. The second-order valence-corrected chi connectivity index (χ2v) is 10.4. The number of nitrogens with zero attached hydrogens (tertiary/aromatic N) is 5. The molecule has 6 rings (SSSR count). The number of H-pyrrole nitrogens is 2. The highest BCUT2D eigenvalue weighted by atomic mass is 32.1. The Morgan fingerprint density at radius 1 is 1.03 bits per heavy atom. The highest BCUT2D eigenvalue weighted by Gasteiger charge is 2.19. The minimum atomic E-state index is -0.682. The zero-order valence-corrected chi connectivity index (χ0v) is 21.7. The van der Waals surface area contributed by atoms with Crippen LogP contribution in [0.15, 0.2) is 55.0 Å². The summed E-state index contributed by atoms with van der Waals surface area (Å²) < 4.78 is 0. The minimum absolute atomic E-state index is 0.0219. The number of nitrogens with one attached hydrogen (secondary N) is 3. The first-order valence-corrected chi connectivity index (χ1v) is 12.9. The summed E-state index contributed by atoms with van der Waals surface area (Å²) in [6.07, 6.45) is 4.44. The SMILES string of the molecule is CC(=O)c1ccc(-c2nccc3[nH]c(-c4n[nH]c5ccc(-c6cncc(NC(O)C(C)C)c6)nc45)nc23)s1. The smallest absolute Gasteiger partial charge is 0.169 e. The lowest BCUT2D eigenvalue weighted by Crippen LogP contribution is -2.24. The van der Waals surface area contributed by atoms with Crippen LogP contribution in [0.2, 0.25) is 0 Å². The molecule has 0 aliphatic rings.